The lowest BCUT2D eigenvalue weighted by Crippen LogP contribution is -2.28. The van der Waals surface area contributed by atoms with Crippen LogP contribution in [0.2, 0.25) is 0 Å². The van der Waals surface area contributed by atoms with Crippen molar-refractivity contribution in [3.8, 4) is 11.5 Å². The Morgan fingerprint density at radius 2 is 1.26 bits per heavy atom. The van der Waals surface area contributed by atoms with Gasteiger partial charge in [-0.2, -0.15) is 0 Å². The van der Waals surface area contributed by atoms with Crippen LogP contribution in [0.15, 0.2) is 60.3 Å². The molecule has 27 heavy (non-hydrogen) atoms. The summed E-state index contributed by atoms with van der Waals surface area (Å²) in [5, 5.41) is 0. The highest BCUT2D eigenvalue weighted by Gasteiger charge is 2.19. The number of nitrogens with zero attached hydrogens (tertiary/aromatic N) is 1. The first kappa shape index (κ1) is 20.2. The van der Waals surface area contributed by atoms with Crippen LogP contribution in [0.4, 0.5) is 0 Å². The van der Waals surface area contributed by atoms with E-state index in [-0.39, 0.29) is 11.6 Å². The average molecular weight is 367 g/mol. The van der Waals surface area contributed by atoms with Crippen molar-refractivity contribution < 1.29 is 19.1 Å². The van der Waals surface area contributed by atoms with E-state index in [0.717, 1.165) is 0 Å². The Morgan fingerprint density at radius 3 is 1.67 bits per heavy atom. The maximum atomic E-state index is 13.0. The summed E-state index contributed by atoms with van der Waals surface area (Å²) in [5.74, 6) is 0.938. The van der Waals surface area contributed by atoms with Crippen LogP contribution >= 0.6 is 0 Å². The van der Waals surface area contributed by atoms with E-state index in [1.165, 1.54) is 6.08 Å². The van der Waals surface area contributed by atoms with Gasteiger partial charge in [0.2, 0.25) is 5.78 Å². The molecule has 5 heteroatoms. The minimum atomic E-state index is -0.221. The molecule has 0 saturated carbocycles. The quantitative estimate of drug-likeness (QED) is 0.495. The maximum absolute atomic E-state index is 13.0. The molecule has 142 valence electrons. The Bertz CT molecular complexity index is 803. The molecule has 0 amide bonds. The number of allylic oxidation sites excluding steroid dienone is 2. The molecule has 0 aliphatic carbocycles. The topological polar surface area (TPSA) is 55.8 Å². The lowest BCUT2D eigenvalue weighted by Gasteiger charge is -2.23. The van der Waals surface area contributed by atoms with Crippen molar-refractivity contribution in [1.82, 2.24) is 4.90 Å². The smallest absolute Gasteiger partial charge is 0.209 e. The van der Waals surface area contributed by atoms with Crippen molar-refractivity contribution in [2.24, 2.45) is 0 Å². The number of carbonyl (C=O) groups is 2. The molecule has 0 heterocycles. The second-order valence-electron chi connectivity index (χ2n) is 5.85. The van der Waals surface area contributed by atoms with Crippen molar-refractivity contribution in [3.05, 3.63) is 71.4 Å². The van der Waals surface area contributed by atoms with Gasteiger partial charge in [-0.3, -0.25) is 9.59 Å². The molecule has 0 aliphatic heterocycles. The van der Waals surface area contributed by atoms with E-state index in [2.05, 4.69) is 0 Å². The van der Waals surface area contributed by atoms with Gasteiger partial charge in [0.15, 0.2) is 5.78 Å². The summed E-state index contributed by atoms with van der Waals surface area (Å²) in [6.45, 7) is 5.16. The molecular weight excluding hydrogens is 342 g/mol. The lowest BCUT2D eigenvalue weighted by molar-refractivity contribution is 0.0975. The Labute approximate surface area is 160 Å². The molecule has 2 aromatic rings. The number of hydrogen-bond donors (Lipinski definition) is 0. The minimum absolute atomic E-state index is 0.191. The standard InChI is InChI=1S/C22H25NO4/c1-5-23(6-2)20(22(25)17-9-13-19(27-4)14-10-17)15-21(24)16-7-11-18(26-3)12-8-16/h7-15H,5-6H2,1-4H3. The Balaban J connectivity index is 2.38. The van der Waals surface area contributed by atoms with E-state index in [4.69, 9.17) is 9.47 Å². The molecule has 0 aliphatic rings. The van der Waals surface area contributed by atoms with Gasteiger partial charge in [0.05, 0.1) is 19.9 Å². The van der Waals surface area contributed by atoms with Crippen LogP contribution in [-0.4, -0.2) is 43.8 Å². The van der Waals surface area contributed by atoms with Crippen molar-refractivity contribution in [2.45, 2.75) is 13.8 Å². The second-order valence-corrected chi connectivity index (χ2v) is 5.85. The number of carbonyl (C=O) groups excluding carboxylic acids is 2. The summed E-state index contributed by atoms with van der Waals surface area (Å²) in [6, 6.07) is 13.7. The van der Waals surface area contributed by atoms with Gasteiger partial charge < -0.3 is 14.4 Å². The van der Waals surface area contributed by atoms with E-state index in [1.54, 1.807) is 62.8 Å². The van der Waals surface area contributed by atoms with Crippen LogP contribution in [0.5, 0.6) is 11.5 Å². The van der Waals surface area contributed by atoms with Gasteiger partial charge in [-0.1, -0.05) is 0 Å². The number of Topliss-reactive ketones (excluding diaryl/α,β-unsaturated/α-hetero) is 1. The molecule has 2 aromatic carbocycles. The van der Waals surface area contributed by atoms with E-state index in [1.807, 2.05) is 18.7 Å². The Hall–Kier alpha value is -3.08. The van der Waals surface area contributed by atoms with Gasteiger partial charge in [-0.15, -0.1) is 0 Å². The third kappa shape index (κ3) is 4.97. The average Bonchev–Trinajstić information content (AvgIpc) is 2.73. The van der Waals surface area contributed by atoms with Gasteiger partial charge in [-0.25, -0.2) is 0 Å². The van der Waals surface area contributed by atoms with E-state index in [0.29, 0.717) is 41.4 Å². The number of benzene rings is 2. The third-order valence-corrected chi connectivity index (χ3v) is 4.33. The first-order valence-corrected chi connectivity index (χ1v) is 8.87. The lowest BCUT2D eigenvalue weighted by atomic mass is 10.0. The molecule has 0 spiro atoms. The van der Waals surface area contributed by atoms with Gasteiger partial charge in [0.25, 0.3) is 0 Å². The molecule has 0 atom stereocenters. The summed E-state index contributed by atoms with van der Waals surface area (Å²) in [7, 11) is 3.15. The summed E-state index contributed by atoms with van der Waals surface area (Å²) in [6.07, 6.45) is 1.42. The van der Waals surface area contributed by atoms with Crippen LogP contribution in [0.25, 0.3) is 0 Å². The number of likely N-dealkylation sites (N-methyl/N-ethyl adjacent to an activating group) is 1. The summed E-state index contributed by atoms with van der Waals surface area (Å²) < 4.78 is 10.3. The summed E-state index contributed by atoms with van der Waals surface area (Å²) in [4.78, 5) is 27.6. The monoisotopic (exact) mass is 367 g/mol. The molecule has 0 fully saturated rings. The van der Waals surface area contributed by atoms with Crippen molar-refractivity contribution >= 4 is 11.6 Å². The number of hydrogen-bond acceptors (Lipinski definition) is 5. The van der Waals surface area contributed by atoms with Crippen LogP contribution in [-0.2, 0) is 0 Å². The van der Waals surface area contributed by atoms with Gasteiger partial charge >= 0.3 is 0 Å². The zero-order chi connectivity index (χ0) is 19.8. The van der Waals surface area contributed by atoms with E-state index >= 15 is 0 Å². The predicted octanol–water partition coefficient (Wildman–Crippen LogP) is 4.00. The zero-order valence-corrected chi connectivity index (χ0v) is 16.2. The highest BCUT2D eigenvalue weighted by molar-refractivity contribution is 6.14. The second kappa shape index (κ2) is 9.57. The summed E-state index contributed by atoms with van der Waals surface area (Å²) >= 11 is 0. The molecule has 0 bridgehead atoms. The van der Waals surface area contributed by atoms with Crippen molar-refractivity contribution in [2.75, 3.05) is 27.3 Å². The number of rotatable bonds is 9. The zero-order valence-electron chi connectivity index (χ0n) is 16.2. The normalized spacial score (nSPS) is 11.0. The molecule has 0 radical (unpaired) electrons. The van der Waals surface area contributed by atoms with Crippen LogP contribution in [0.1, 0.15) is 34.6 Å². The first-order chi connectivity index (χ1) is 13.0. The SMILES string of the molecule is CCN(CC)C(=CC(=O)c1ccc(OC)cc1)C(=O)c1ccc(OC)cc1. The van der Waals surface area contributed by atoms with Gasteiger partial charge in [-0.05, 0) is 62.4 Å². The van der Waals surface area contributed by atoms with Crippen LogP contribution in [0, 0.1) is 0 Å². The fourth-order valence-corrected chi connectivity index (χ4v) is 2.72. The number of ether oxygens (including phenoxy) is 2. The van der Waals surface area contributed by atoms with Crippen molar-refractivity contribution in [3.63, 3.8) is 0 Å². The highest BCUT2D eigenvalue weighted by Crippen LogP contribution is 2.19. The molecule has 5 nitrogen and oxygen atoms in total. The largest absolute Gasteiger partial charge is 0.497 e. The van der Waals surface area contributed by atoms with Gasteiger partial charge in [0.1, 0.15) is 11.5 Å². The Kier molecular flexibility index (Phi) is 7.17. The third-order valence-electron chi connectivity index (χ3n) is 4.33. The van der Waals surface area contributed by atoms with E-state index < -0.39 is 0 Å². The van der Waals surface area contributed by atoms with Crippen molar-refractivity contribution in [1.29, 1.82) is 0 Å². The van der Waals surface area contributed by atoms with Gasteiger partial charge in [0, 0.05) is 30.3 Å². The first-order valence-electron chi connectivity index (χ1n) is 8.87. The molecule has 2 rings (SSSR count). The molecule has 0 saturated heterocycles. The molecular formula is C22H25NO4. The maximum Gasteiger partial charge on any atom is 0.209 e. The van der Waals surface area contributed by atoms with E-state index in [9.17, 15) is 9.59 Å². The Morgan fingerprint density at radius 1 is 0.815 bits per heavy atom. The predicted molar refractivity (Wildman–Crippen MR) is 106 cm³/mol. The molecule has 0 N–H and O–H groups in total. The number of methoxy groups -OCH3 is 2. The highest BCUT2D eigenvalue weighted by atomic mass is 16.5. The fourth-order valence-electron chi connectivity index (χ4n) is 2.72. The fraction of sp³-hybridized carbons (Fsp3) is 0.273. The molecule has 0 unspecified atom stereocenters. The van der Waals surface area contributed by atoms with Crippen LogP contribution in [0.3, 0.4) is 0 Å². The number of ketones is 2. The minimum Gasteiger partial charge on any atom is -0.497 e. The van der Waals surface area contributed by atoms with Crippen LogP contribution < -0.4 is 9.47 Å². The molecule has 0 aromatic heterocycles. The summed E-state index contributed by atoms with van der Waals surface area (Å²) in [5.41, 5.74) is 1.39.